The molecule has 1 aliphatic rings. The Balaban J connectivity index is 1.59. The van der Waals surface area contributed by atoms with Gasteiger partial charge in [0.1, 0.15) is 0 Å². The number of thioether (sulfide) groups is 1. The number of anilines is 1. The van der Waals surface area contributed by atoms with Crippen molar-refractivity contribution in [2.75, 3.05) is 24.2 Å². The van der Waals surface area contributed by atoms with Gasteiger partial charge in [-0.1, -0.05) is 24.6 Å². The number of sulfonamides is 1. The summed E-state index contributed by atoms with van der Waals surface area (Å²) >= 11 is 1.25. The largest absolute Gasteiger partial charge is 0.325 e. The van der Waals surface area contributed by atoms with Crippen molar-refractivity contribution in [2.24, 2.45) is 0 Å². The molecule has 3 rings (SSSR count). The Morgan fingerprint density at radius 3 is 2.33 bits per heavy atom. The van der Waals surface area contributed by atoms with Crippen molar-refractivity contribution >= 4 is 33.4 Å². The van der Waals surface area contributed by atoms with Crippen LogP contribution in [0.5, 0.6) is 0 Å². The minimum Gasteiger partial charge on any atom is -0.325 e. The fourth-order valence-electron chi connectivity index (χ4n) is 3.16. The van der Waals surface area contributed by atoms with Crippen LogP contribution in [0.3, 0.4) is 0 Å². The Hall–Kier alpha value is -1.98. The second-order valence-corrected chi connectivity index (χ2v) is 11.1. The van der Waals surface area contributed by atoms with Crippen LogP contribution in [0.25, 0.3) is 0 Å². The van der Waals surface area contributed by atoms with E-state index in [4.69, 9.17) is 0 Å². The first-order valence-electron chi connectivity index (χ1n) is 10.00. The number of hydrogen-bond acceptors (Lipinski definition) is 7. The number of carbonyl (C=O) groups excluding carboxylic acids is 1. The lowest BCUT2D eigenvalue weighted by atomic mass is 10.1. The fourth-order valence-corrected chi connectivity index (χ4v) is 5.53. The van der Waals surface area contributed by atoms with E-state index in [1.165, 1.54) is 11.8 Å². The third kappa shape index (κ3) is 5.58. The van der Waals surface area contributed by atoms with E-state index >= 15 is 0 Å². The summed E-state index contributed by atoms with van der Waals surface area (Å²) in [6, 6.07) is 6.32. The average Bonchev–Trinajstić information content (AvgIpc) is 3.00. The number of amides is 1. The first kappa shape index (κ1) is 22.7. The van der Waals surface area contributed by atoms with Crippen LogP contribution in [0.15, 0.2) is 34.3 Å². The summed E-state index contributed by atoms with van der Waals surface area (Å²) in [5, 5.41) is 15.0. The molecule has 2 heterocycles. The quantitative estimate of drug-likeness (QED) is 0.671. The van der Waals surface area contributed by atoms with Crippen molar-refractivity contribution in [3.8, 4) is 0 Å². The third-order valence-electron chi connectivity index (χ3n) is 4.75. The molecule has 9 nitrogen and oxygen atoms in total. The number of tetrazole rings is 1. The Bertz CT molecular complexity index is 959. The Morgan fingerprint density at radius 2 is 1.73 bits per heavy atom. The molecule has 0 atom stereocenters. The second kappa shape index (κ2) is 9.44. The van der Waals surface area contributed by atoms with Crippen molar-refractivity contribution in [1.82, 2.24) is 24.5 Å². The minimum atomic E-state index is -3.50. The van der Waals surface area contributed by atoms with Crippen LogP contribution in [-0.2, 0) is 20.4 Å². The molecule has 1 fully saturated rings. The molecular weight excluding hydrogens is 424 g/mol. The highest BCUT2D eigenvalue weighted by Gasteiger charge is 2.25. The van der Waals surface area contributed by atoms with Crippen LogP contribution >= 0.6 is 11.8 Å². The van der Waals surface area contributed by atoms with E-state index in [0.29, 0.717) is 23.9 Å². The smallest absolute Gasteiger partial charge is 0.243 e. The molecular formula is C19H28N6O3S2. The molecule has 0 bridgehead atoms. The highest BCUT2D eigenvalue weighted by Crippen LogP contribution is 2.23. The Kier molecular flexibility index (Phi) is 7.14. The summed E-state index contributed by atoms with van der Waals surface area (Å²) in [5.74, 6) is -0.0730. The van der Waals surface area contributed by atoms with E-state index in [9.17, 15) is 13.2 Å². The predicted molar refractivity (Wildman–Crippen MR) is 116 cm³/mol. The predicted octanol–water partition coefficient (Wildman–Crippen LogP) is 2.72. The van der Waals surface area contributed by atoms with Crippen molar-refractivity contribution in [3.63, 3.8) is 0 Å². The summed E-state index contributed by atoms with van der Waals surface area (Å²) in [7, 11) is -3.50. The molecule has 1 aromatic carbocycles. The number of benzene rings is 1. The lowest BCUT2D eigenvalue weighted by Gasteiger charge is -2.20. The first-order chi connectivity index (χ1) is 14.2. The second-order valence-electron chi connectivity index (χ2n) is 8.22. The lowest BCUT2D eigenvalue weighted by molar-refractivity contribution is -0.113. The third-order valence-corrected chi connectivity index (χ3v) is 7.58. The van der Waals surface area contributed by atoms with Gasteiger partial charge in [0.25, 0.3) is 0 Å². The van der Waals surface area contributed by atoms with Gasteiger partial charge in [0.2, 0.25) is 21.1 Å². The van der Waals surface area contributed by atoms with Crippen LogP contribution in [-0.4, -0.2) is 57.7 Å². The van der Waals surface area contributed by atoms with E-state index in [1.54, 1.807) is 33.3 Å². The van der Waals surface area contributed by atoms with Gasteiger partial charge in [0.15, 0.2) is 0 Å². The van der Waals surface area contributed by atoms with E-state index < -0.39 is 10.0 Å². The van der Waals surface area contributed by atoms with E-state index in [2.05, 4.69) is 20.8 Å². The molecule has 1 aliphatic heterocycles. The van der Waals surface area contributed by atoms with Crippen molar-refractivity contribution in [1.29, 1.82) is 0 Å². The summed E-state index contributed by atoms with van der Waals surface area (Å²) in [5.41, 5.74) is 0.266. The SMILES string of the molecule is CC(C)(C)n1nnnc1SCC(=O)Nc1ccc(S(=O)(=O)N2CCCCCC2)cc1. The molecule has 1 N–H and O–H groups in total. The van der Waals surface area contributed by atoms with Gasteiger partial charge in [0, 0.05) is 18.8 Å². The maximum atomic E-state index is 12.8. The molecule has 0 radical (unpaired) electrons. The number of aromatic nitrogens is 4. The van der Waals surface area contributed by atoms with Gasteiger partial charge < -0.3 is 5.32 Å². The van der Waals surface area contributed by atoms with Gasteiger partial charge in [-0.25, -0.2) is 13.1 Å². The van der Waals surface area contributed by atoms with Crippen LogP contribution in [0.4, 0.5) is 5.69 Å². The summed E-state index contributed by atoms with van der Waals surface area (Å²) < 4.78 is 28.9. The minimum absolute atomic E-state index is 0.143. The number of rotatable bonds is 6. The number of carbonyl (C=O) groups is 1. The molecule has 11 heteroatoms. The van der Waals surface area contributed by atoms with Crippen LogP contribution in [0, 0.1) is 0 Å². The Morgan fingerprint density at radius 1 is 1.10 bits per heavy atom. The van der Waals surface area contributed by atoms with Gasteiger partial charge in [-0.3, -0.25) is 4.79 Å². The van der Waals surface area contributed by atoms with E-state index in [1.807, 2.05) is 20.8 Å². The van der Waals surface area contributed by atoms with Crippen LogP contribution in [0.2, 0.25) is 0 Å². The van der Waals surface area contributed by atoms with Crippen LogP contribution < -0.4 is 5.32 Å². The van der Waals surface area contributed by atoms with Crippen molar-refractivity contribution in [2.45, 2.75) is 62.0 Å². The molecule has 0 unspecified atom stereocenters. The Labute approximate surface area is 181 Å². The summed E-state index contributed by atoms with van der Waals surface area (Å²) in [6.07, 6.45) is 3.92. The number of nitrogens with zero attached hydrogens (tertiary/aromatic N) is 5. The average molecular weight is 453 g/mol. The molecule has 1 amide bonds. The van der Waals surface area contributed by atoms with Gasteiger partial charge in [0.05, 0.1) is 16.2 Å². The van der Waals surface area contributed by atoms with Gasteiger partial charge in [-0.15, -0.1) is 5.10 Å². The molecule has 0 spiro atoms. The number of hydrogen-bond donors (Lipinski definition) is 1. The van der Waals surface area contributed by atoms with Gasteiger partial charge in [-0.2, -0.15) is 4.31 Å². The molecule has 164 valence electrons. The topological polar surface area (TPSA) is 110 Å². The highest BCUT2D eigenvalue weighted by atomic mass is 32.2. The molecule has 2 aromatic rings. The normalized spacial score (nSPS) is 16.2. The molecule has 0 saturated carbocycles. The van der Waals surface area contributed by atoms with Crippen molar-refractivity contribution in [3.05, 3.63) is 24.3 Å². The van der Waals surface area contributed by atoms with E-state index in [0.717, 1.165) is 25.7 Å². The summed E-state index contributed by atoms with van der Waals surface area (Å²) in [4.78, 5) is 12.6. The first-order valence-corrected chi connectivity index (χ1v) is 12.4. The zero-order valence-electron chi connectivity index (χ0n) is 17.5. The lowest BCUT2D eigenvalue weighted by Crippen LogP contribution is -2.31. The van der Waals surface area contributed by atoms with Crippen LogP contribution in [0.1, 0.15) is 46.5 Å². The molecule has 30 heavy (non-hydrogen) atoms. The molecule has 1 saturated heterocycles. The monoisotopic (exact) mass is 452 g/mol. The number of nitrogens with one attached hydrogen (secondary N) is 1. The van der Waals surface area contributed by atoms with Gasteiger partial charge >= 0.3 is 0 Å². The zero-order chi connectivity index (χ0) is 21.8. The molecule has 1 aromatic heterocycles. The zero-order valence-corrected chi connectivity index (χ0v) is 19.2. The van der Waals surface area contributed by atoms with Gasteiger partial charge in [-0.05, 0) is 68.3 Å². The maximum absolute atomic E-state index is 12.8. The fraction of sp³-hybridized carbons (Fsp3) is 0.579. The van der Waals surface area contributed by atoms with Crippen molar-refractivity contribution < 1.29 is 13.2 Å². The highest BCUT2D eigenvalue weighted by molar-refractivity contribution is 7.99. The molecule has 0 aliphatic carbocycles. The summed E-state index contributed by atoms with van der Waals surface area (Å²) in [6.45, 7) is 7.07. The standard InChI is InChI=1S/C19H28N6O3S2/c1-19(2,3)25-18(21-22-23-25)29-14-17(26)20-15-8-10-16(11-9-15)30(27,28)24-12-6-4-5-7-13-24/h8-11H,4-7,12-14H2,1-3H3,(H,20,26). The van der Waals surface area contributed by atoms with E-state index in [-0.39, 0.29) is 22.1 Å². The maximum Gasteiger partial charge on any atom is 0.243 e.